The maximum Gasteiger partial charge on any atom is 0.471 e. The van der Waals surface area contributed by atoms with Crippen LogP contribution >= 0.6 is 0 Å². The van der Waals surface area contributed by atoms with Gasteiger partial charge in [-0.05, 0) is 12.8 Å². The molecule has 8 nitrogen and oxygen atoms in total. The van der Waals surface area contributed by atoms with E-state index in [1.54, 1.807) is 11.8 Å². The van der Waals surface area contributed by atoms with Gasteiger partial charge < -0.3 is 19.1 Å². The van der Waals surface area contributed by atoms with E-state index in [0.717, 1.165) is 4.90 Å². The Morgan fingerprint density at radius 1 is 1.00 bits per heavy atom. The van der Waals surface area contributed by atoms with E-state index in [9.17, 15) is 22.8 Å². The molecule has 2 amide bonds. The van der Waals surface area contributed by atoms with E-state index in [1.165, 1.54) is 0 Å². The van der Waals surface area contributed by atoms with E-state index in [-0.39, 0.29) is 37.8 Å². The number of hydrogen-bond donors (Lipinski definition) is 0. The van der Waals surface area contributed by atoms with Crippen molar-refractivity contribution in [2.75, 3.05) is 44.2 Å². The molecule has 2 saturated heterocycles. The largest absolute Gasteiger partial charge is 0.471 e. The summed E-state index contributed by atoms with van der Waals surface area (Å²) >= 11 is 0. The Morgan fingerprint density at radius 3 is 2.12 bits per heavy atom. The number of nitrogens with zero attached hydrogens (tertiary/aromatic N) is 5. The predicted molar refractivity (Wildman–Crippen MR) is 83.2 cm³/mol. The monoisotopic (exact) mass is 375 g/mol. The van der Waals surface area contributed by atoms with Crippen molar-refractivity contribution < 1.29 is 27.2 Å². The van der Waals surface area contributed by atoms with Crippen LogP contribution < -0.4 is 4.90 Å². The summed E-state index contributed by atoms with van der Waals surface area (Å²) < 4.78 is 42.8. The highest BCUT2D eigenvalue weighted by Gasteiger charge is 2.44. The summed E-state index contributed by atoms with van der Waals surface area (Å²) in [7, 11) is 0. The number of halogens is 3. The topological polar surface area (TPSA) is 82.8 Å². The van der Waals surface area contributed by atoms with Crippen LogP contribution in [0.4, 0.5) is 19.2 Å². The number of carbonyl (C=O) groups is 2. The van der Waals surface area contributed by atoms with Gasteiger partial charge in [0.15, 0.2) is 0 Å². The summed E-state index contributed by atoms with van der Waals surface area (Å²) in [6.45, 7) is 3.69. The van der Waals surface area contributed by atoms with Gasteiger partial charge in [0.05, 0.1) is 0 Å². The van der Waals surface area contributed by atoms with Crippen LogP contribution in [0.3, 0.4) is 0 Å². The zero-order valence-electron chi connectivity index (χ0n) is 14.3. The van der Waals surface area contributed by atoms with Crippen LogP contribution in [0.2, 0.25) is 0 Å². The van der Waals surface area contributed by atoms with E-state index in [4.69, 9.17) is 4.42 Å². The van der Waals surface area contributed by atoms with E-state index < -0.39 is 12.1 Å². The molecule has 0 unspecified atom stereocenters. The van der Waals surface area contributed by atoms with Crippen LogP contribution in [0.25, 0.3) is 0 Å². The number of likely N-dealkylation sites (tertiary alicyclic amines) is 1. The second-order valence-corrected chi connectivity index (χ2v) is 6.48. The zero-order chi connectivity index (χ0) is 18.9. The van der Waals surface area contributed by atoms with E-state index in [1.807, 2.05) is 4.90 Å². The SMILES string of the molecule is Cc1nnc(N2CCN(C(=O)C3CCN(C(=O)C(F)(F)F)CC3)CC2)o1. The molecule has 0 saturated carbocycles. The Labute approximate surface area is 147 Å². The molecule has 3 heterocycles. The van der Waals surface area contributed by atoms with Crippen molar-refractivity contribution in [1.29, 1.82) is 0 Å². The molecule has 2 aliphatic rings. The normalized spacial score (nSPS) is 19.8. The molecule has 2 aliphatic heterocycles. The quantitative estimate of drug-likeness (QED) is 0.762. The van der Waals surface area contributed by atoms with Crippen molar-refractivity contribution in [3.63, 3.8) is 0 Å². The van der Waals surface area contributed by atoms with Gasteiger partial charge >= 0.3 is 18.1 Å². The molecule has 2 fully saturated rings. The molecule has 0 N–H and O–H groups in total. The Bertz CT molecular complexity index is 662. The maximum absolute atomic E-state index is 12.6. The number of piperazine rings is 1. The second-order valence-electron chi connectivity index (χ2n) is 6.48. The lowest BCUT2D eigenvalue weighted by atomic mass is 9.95. The molecule has 0 bridgehead atoms. The molecule has 1 aromatic rings. The Morgan fingerprint density at radius 2 is 1.62 bits per heavy atom. The van der Waals surface area contributed by atoms with Gasteiger partial charge in [-0.15, -0.1) is 5.10 Å². The molecule has 0 aromatic carbocycles. The van der Waals surface area contributed by atoms with Crippen molar-refractivity contribution in [2.45, 2.75) is 25.9 Å². The Kier molecular flexibility index (Phi) is 5.05. The van der Waals surface area contributed by atoms with Crippen molar-refractivity contribution in [3.8, 4) is 0 Å². The minimum atomic E-state index is -4.86. The zero-order valence-corrected chi connectivity index (χ0v) is 14.3. The first kappa shape index (κ1) is 18.5. The summed E-state index contributed by atoms with van der Waals surface area (Å²) in [5, 5.41) is 7.73. The molecule has 1 aromatic heterocycles. The lowest BCUT2D eigenvalue weighted by molar-refractivity contribution is -0.187. The van der Waals surface area contributed by atoms with Crippen molar-refractivity contribution in [3.05, 3.63) is 5.89 Å². The van der Waals surface area contributed by atoms with Gasteiger partial charge in [0.25, 0.3) is 0 Å². The smallest absolute Gasteiger partial charge is 0.408 e. The number of alkyl halides is 3. The molecule has 11 heteroatoms. The van der Waals surface area contributed by atoms with Crippen LogP contribution in [0.15, 0.2) is 4.42 Å². The lowest BCUT2D eigenvalue weighted by Crippen LogP contribution is -2.52. The van der Waals surface area contributed by atoms with Gasteiger partial charge in [0, 0.05) is 52.1 Å². The van der Waals surface area contributed by atoms with Gasteiger partial charge in [0.2, 0.25) is 11.8 Å². The van der Waals surface area contributed by atoms with Gasteiger partial charge in [-0.25, -0.2) is 0 Å². The van der Waals surface area contributed by atoms with Crippen LogP contribution in [0.1, 0.15) is 18.7 Å². The maximum atomic E-state index is 12.6. The van der Waals surface area contributed by atoms with Crippen LogP contribution in [0.5, 0.6) is 0 Å². The molecule has 0 spiro atoms. The number of aromatic nitrogens is 2. The third kappa shape index (κ3) is 3.91. The number of piperidine rings is 1. The second kappa shape index (κ2) is 7.12. The first-order valence-electron chi connectivity index (χ1n) is 8.45. The van der Waals surface area contributed by atoms with Crippen LogP contribution in [0, 0.1) is 12.8 Å². The minimum Gasteiger partial charge on any atom is -0.408 e. The lowest BCUT2D eigenvalue weighted by Gasteiger charge is -2.38. The van der Waals surface area contributed by atoms with Gasteiger partial charge in [-0.3, -0.25) is 9.59 Å². The molecule has 26 heavy (non-hydrogen) atoms. The molecule has 0 aliphatic carbocycles. The molecule has 144 valence electrons. The predicted octanol–water partition coefficient (Wildman–Crippen LogP) is 0.828. The van der Waals surface area contributed by atoms with Crippen molar-refractivity contribution in [1.82, 2.24) is 20.0 Å². The van der Waals surface area contributed by atoms with E-state index in [2.05, 4.69) is 10.2 Å². The minimum absolute atomic E-state index is 0.0457. The summed E-state index contributed by atoms with van der Waals surface area (Å²) in [6.07, 6.45) is -4.35. The fourth-order valence-electron chi connectivity index (χ4n) is 3.30. The number of anilines is 1. The number of hydrogen-bond acceptors (Lipinski definition) is 6. The molecular formula is C15H20F3N5O3. The number of amides is 2. The number of carbonyl (C=O) groups excluding carboxylic acids is 2. The average molecular weight is 375 g/mol. The highest BCUT2D eigenvalue weighted by atomic mass is 19.4. The van der Waals surface area contributed by atoms with E-state index in [0.29, 0.717) is 38.1 Å². The summed E-state index contributed by atoms with van der Waals surface area (Å²) in [4.78, 5) is 28.2. The summed E-state index contributed by atoms with van der Waals surface area (Å²) in [5.74, 6) is -1.76. The standard InChI is InChI=1S/C15H20F3N5O3/c1-10-19-20-14(26-10)23-8-6-21(7-9-23)12(24)11-2-4-22(5-3-11)13(25)15(16,17)18/h11H,2-9H2,1H3. The van der Waals surface area contributed by atoms with Crippen LogP contribution in [-0.4, -0.2) is 77.3 Å². The third-order valence-electron chi connectivity index (χ3n) is 4.75. The fraction of sp³-hybridized carbons (Fsp3) is 0.733. The number of aryl methyl sites for hydroxylation is 1. The van der Waals surface area contributed by atoms with Gasteiger partial charge in [-0.1, -0.05) is 5.10 Å². The highest BCUT2D eigenvalue weighted by molar-refractivity contribution is 5.83. The van der Waals surface area contributed by atoms with Gasteiger partial charge in [0.1, 0.15) is 0 Å². The van der Waals surface area contributed by atoms with Gasteiger partial charge in [-0.2, -0.15) is 13.2 Å². The summed E-state index contributed by atoms with van der Waals surface area (Å²) in [5.41, 5.74) is 0. The van der Waals surface area contributed by atoms with Crippen LogP contribution in [-0.2, 0) is 9.59 Å². The molecular weight excluding hydrogens is 355 g/mol. The first-order valence-corrected chi connectivity index (χ1v) is 8.45. The molecule has 3 rings (SSSR count). The number of rotatable bonds is 2. The van der Waals surface area contributed by atoms with E-state index >= 15 is 0 Å². The molecule has 0 radical (unpaired) electrons. The highest BCUT2D eigenvalue weighted by Crippen LogP contribution is 2.25. The Balaban J connectivity index is 1.48. The average Bonchev–Trinajstić information content (AvgIpc) is 3.06. The Hall–Kier alpha value is -2.33. The third-order valence-corrected chi connectivity index (χ3v) is 4.75. The fourth-order valence-corrected chi connectivity index (χ4v) is 3.30. The molecule has 0 atom stereocenters. The van der Waals surface area contributed by atoms with Crippen molar-refractivity contribution in [2.24, 2.45) is 5.92 Å². The van der Waals surface area contributed by atoms with Crippen molar-refractivity contribution >= 4 is 17.8 Å². The summed E-state index contributed by atoms with van der Waals surface area (Å²) in [6, 6.07) is 0.425. The first-order chi connectivity index (χ1) is 12.3.